The van der Waals surface area contributed by atoms with Crippen LogP contribution >= 0.6 is 15.9 Å². The lowest BCUT2D eigenvalue weighted by molar-refractivity contribution is 0.102. The second kappa shape index (κ2) is 5.92. The Hall–Kier alpha value is -2.08. The molecule has 0 heterocycles. The molecule has 2 aromatic rings. The van der Waals surface area contributed by atoms with E-state index in [-0.39, 0.29) is 11.7 Å². The Balaban J connectivity index is 2.25. The van der Waals surface area contributed by atoms with E-state index in [9.17, 15) is 9.18 Å². The molecule has 6 heteroatoms. The van der Waals surface area contributed by atoms with E-state index in [2.05, 4.69) is 21.2 Å². The number of rotatable bonds is 3. The quantitative estimate of drug-likeness (QED) is 0.842. The molecule has 0 unspecified atom stereocenters. The van der Waals surface area contributed by atoms with Crippen molar-refractivity contribution in [3.8, 4) is 5.75 Å². The maximum atomic E-state index is 13.3. The summed E-state index contributed by atoms with van der Waals surface area (Å²) in [6.07, 6.45) is 0. The highest BCUT2D eigenvalue weighted by atomic mass is 79.9. The largest absolute Gasteiger partial charge is 0.494 e. The Morgan fingerprint density at radius 1 is 1.30 bits per heavy atom. The normalized spacial score (nSPS) is 10.2. The van der Waals surface area contributed by atoms with Crippen LogP contribution in [-0.4, -0.2) is 13.0 Å². The number of methoxy groups -OCH3 is 1. The number of ether oxygens (including phenoxy) is 1. The molecule has 3 N–H and O–H groups in total. The van der Waals surface area contributed by atoms with Crippen molar-refractivity contribution in [2.45, 2.75) is 0 Å². The minimum absolute atomic E-state index is 0.0643. The first-order valence-corrected chi connectivity index (χ1v) is 6.50. The number of hydrogen-bond donors (Lipinski definition) is 2. The number of carbonyl (C=O) groups is 1. The summed E-state index contributed by atoms with van der Waals surface area (Å²) in [5.41, 5.74) is 6.96. The van der Waals surface area contributed by atoms with Gasteiger partial charge in [0.2, 0.25) is 0 Å². The number of nitrogens with two attached hydrogens (primary N) is 1. The molecule has 104 valence electrons. The highest BCUT2D eigenvalue weighted by Gasteiger charge is 2.12. The molecule has 4 nitrogen and oxygen atoms in total. The van der Waals surface area contributed by atoms with E-state index >= 15 is 0 Å². The summed E-state index contributed by atoms with van der Waals surface area (Å²) in [6.45, 7) is 0. The predicted molar refractivity (Wildman–Crippen MR) is 79.5 cm³/mol. The lowest BCUT2D eigenvalue weighted by Gasteiger charge is -2.09. The lowest BCUT2D eigenvalue weighted by Crippen LogP contribution is -2.13. The molecule has 0 fully saturated rings. The lowest BCUT2D eigenvalue weighted by atomic mass is 10.2. The van der Waals surface area contributed by atoms with Gasteiger partial charge in [-0.2, -0.15) is 0 Å². The van der Waals surface area contributed by atoms with Crippen molar-refractivity contribution in [1.29, 1.82) is 0 Å². The third kappa shape index (κ3) is 3.08. The van der Waals surface area contributed by atoms with Crippen LogP contribution in [0.4, 0.5) is 15.8 Å². The molecule has 0 spiro atoms. The number of anilines is 2. The van der Waals surface area contributed by atoms with Gasteiger partial charge >= 0.3 is 0 Å². The number of nitrogens with one attached hydrogen (secondary N) is 1. The van der Waals surface area contributed by atoms with Gasteiger partial charge in [-0.1, -0.05) is 0 Å². The predicted octanol–water partition coefficient (Wildman–Crippen LogP) is 3.43. The zero-order chi connectivity index (χ0) is 14.7. The van der Waals surface area contributed by atoms with E-state index in [0.29, 0.717) is 21.4 Å². The van der Waals surface area contributed by atoms with Crippen LogP contribution in [0.2, 0.25) is 0 Å². The SMILES string of the molecule is COc1cc(NC(=O)c2cc(N)ccc2Br)ccc1F. The van der Waals surface area contributed by atoms with Crippen LogP contribution in [-0.2, 0) is 0 Å². The van der Waals surface area contributed by atoms with Gasteiger partial charge in [0.1, 0.15) is 0 Å². The van der Waals surface area contributed by atoms with Crippen molar-refractivity contribution < 1.29 is 13.9 Å². The molecule has 0 aromatic heterocycles. The number of amides is 1. The summed E-state index contributed by atoms with van der Waals surface area (Å²) in [5.74, 6) is -0.775. The summed E-state index contributed by atoms with van der Waals surface area (Å²) < 4.78 is 18.8. The first-order chi connectivity index (χ1) is 9.51. The molecule has 1 amide bonds. The highest BCUT2D eigenvalue weighted by molar-refractivity contribution is 9.10. The second-order valence-electron chi connectivity index (χ2n) is 4.04. The van der Waals surface area contributed by atoms with Gasteiger partial charge in [-0.25, -0.2) is 4.39 Å². The number of hydrogen-bond acceptors (Lipinski definition) is 3. The fourth-order valence-corrected chi connectivity index (χ4v) is 2.08. The van der Waals surface area contributed by atoms with E-state index in [0.717, 1.165) is 0 Å². The summed E-state index contributed by atoms with van der Waals surface area (Å²) in [4.78, 5) is 12.1. The molecule has 0 aliphatic carbocycles. The fourth-order valence-electron chi connectivity index (χ4n) is 1.65. The van der Waals surface area contributed by atoms with Crippen LogP contribution in [0.15, 0.2) is 40.9 Å². The molecule has 0 bridgehead atoms. The monoisotopic (exact) mass is 338 g/mol. The molecular formula is C14H12BrFN2O2. The molecule has 0 atom stereocenters. The smallest absolute Gasteiger partial charge is 0.256 e. The van der Waals surface area contributed by atoms with Crippen LogP contribution in [0.25, 0.3) is 0 Å². The molecular weight excluding hydrogens is 327 g/mol. The Morgan fingerprint density at radius 2 is 2.05 bits per heavy atom. The van der Waals surface area contributed by atoms with Crippen molar-refractivity contribution in [3.05, 3.63) is 52.3 Å². The maximum absolute atomic E-state index is 13.3. The van der Waals surface area contributed by atoms with E-state index in [1.54, 1.807) is 18.2 Å². The number of nitrogen functional groups attached to an aromatic ring is 1. The molecule has 0 aliphatic rings. The van der Waals surface area contributed by atoms with Crippen molar-refractivity contribution >= 4 is 33.2 Å². The van der Waals surface area contributed by atoms with Gasteiger partial charge in [0, 0.05) is 21.9 Å². The highest BCUT2D eigenvalue weighted by Crippen LogP contribution is 2.24. The van der Waals surface area contributed by atoms with Crippen LogP contribution in [0.3, 0.4) is 0 Å². The van der Waals surface area contributed by atoms with E-state index in [1.165, 1.54) is 25.3 Å². The van der Waals surface area contributed by atoms with E-state index in [1.807, 2.05) is 0 Å². The first-order valence-electron chi connectivity index (χ1n) is 5.71. The van der Waals surface area contributed by atoms with Crippen molar-refractivity contribution in [3.63, 3.8) is 0 Å². The van der Waals surface area contributed by atoms with Crippen LogP contribution in [0.5, 0.6) is 5.75 Å². The molecule has 2 rings (SSSR count). The third-order valence-corrected chi connectivity index (χ3v) is 3.34. The molecule has 0 saturated heterocycles. The first kappa shape index (κ1) is 14.3. The summed E-state index contributed by atoms with van der Waals surface area (Å²) in [6, 6.07) is 9.02. The van der Waals surface area contributed by atoms with Crippen molar-refractivity contribution in [2.24, 2.45) is 0 Å². The van der Waals surface area contributed by atoms with Gasteiger partial charge in [0.25, 0.3) is 5.91 Å². The average molecular weight is 339 g/mol. The molecule has 20 heavy (non-hydrogen) atoms. The summed E-state index contributed by atoms with van der Waals surface area (Å²) in [7, 11) is 1.36. The molecule has 0 aliphatic heterocycles. The van der Waals surface area contributed by atoms with Gasteiger partial charge in [-0.15, -0.1) is 0 Å². The van der Waals surface area contributed by atoms with Crippen molar-refractivity contribution in [1.82, 2.24) is 0 Å². The van der Waals surface area contributed by atoms with Gasteiger partial charge in [0.05, 0.1) is 12.7 Å². The standard InChI is InChI=1S/C14H12BrFN2O2/c1-20-13-7-9(3-5-12(13)16)18-14(19)10-6-8(17)2-4-11(10)15/h2-7H,17H2,1H3,(H,18,19). The number of halogens is 2. The zero-order valence-corrected chi connectivity index (χ0v) is 12.2. The van der Waals surface area contributed by atoms with Crippen LogP contribution in [0, 0.1) is 5.82 Å². The number of benzene rings is 2. The second-order valence-corrected chi connectivity index (χ2v) is 4.90. The summed E-state index contributed by atoms with van der Waals surface area (Å²) in [5, 5.41) is 2.66. The van der Waals surface area contributed by atoms with Crippen molar-refractivity contribution in [2.75, 3.05) is 18.2 Å². The Bertz CT molecular complexity index is 662. The Kier molecular flexibility index (Phi) is 4.24. The van der Waals surface area contributed by atoms with E-state index in [4.69, 9.17) is 10.5 Å². The number of carbonyl (C=O) groups excluding carboxylic acids is 1. The van der Waals surface area contributed by atoms with E-state index < -0.39 is 5.82 Å². The van der Waals surface area contributed by atoms with Gasteiger partial charge in [-0.05, 0) is 46.3 Å². The minimum atomic E-state index is -0.490. The molecule has 2 aromatic carbocycles. The zero-order valence-electron chi connectivity index (χ0n) is 10.6. The topological polar surface area (TPSA) is 64.3 Å². The van der Waals surface area contributed by atoms with Gasteiger partial charge < -0.3 is 15.8 Å². The summed E-state index contributed by atoms with van der Waals surface area (Å²) >= 11 is 3.28. The molecule has 0 radical (unpaired) electrons. The average Bonchev–Trinajstić information content (AvgIpc) is 2.43. The maximum Gasteiger partial charge on any atom is 0.256 e. The van der Waals surface area contributed by atoms with Gasteiger partial charge in [0.15, 0.2) is 11.6 Å². The Labute approximate surface area is 123 Å². The molecule has 0 saturated carbocycles. The Morgan fingerprint density at radius 3 is 2.75 bits per heavy atom. The fraction of sp³-hybridized carbons (Fsp3) is 0.0714. The van der Waals surface area contributed by atoms with Gasteiger partial charge in [-0.3, -0.25) is 4.79 Å². The third-order valence-electron chi connectivity index (χ3n) is 2.64. The van der Waals surface area contributed by atoms with Crippen LogP contribution < -0.4 is 15.8 Å². The van der Waals surface area contributed by atoms with Crippen LogP contribution in [0.1, 0.15) is 10.4 Å². The minimum Gasteiger partial charge on any atom is -0.494 e.